The van der Waals surface area contributed by atoms with E-state index in [1.165, 1.54) is 19.1 Å². The van der Waals surface area contributed by atoms with E-state index in [2.05, 4.69) is 11.8 Å². The molecule has 0 aliphatic carbocycles. The molecule has 98 valence electrons. The Kier molecular flexibility index (Phi) is 4.83. The summed E-state index contributed by atoms with van der Waals surface area (Å²) in [5, 5.41) is 10.7. The minimum Gasteiger partial charge on any atom is -0.371 e. The van der Waals surface area contributed by atoms with Crippen molar-refractivity contribution in [2.45, 2.75) is 27.2 Å². The summed E-state index contributed by atoms with van der Waals surface area (Å²) in [5.74, 6) is -0.150. The summed E-state index contributed by atoms with van der Waals surface area (Å²) in [4.78, 5) is 23.9. The molecule has 0 saturated carbocycles. The molecule has 5 nitrogen and oxygen atoms in total. The maximum Gasteiger partial charge on any atom is 0.270 e. The average molecular weight is 250 g/mol. The van der Waals surface area contributed by atoms with Gasteiger partial charge < -0.3 is 4.90 Å². The number of rotatable bonds is 6. The molecule has 0 heterocycles. The first-order chi connectivity index (χ1) is 8.51. The van der Waals surface area contributed by atoms with Crippen molar-refractivity contribution in [3.63, 3.8) is 0 Å². The average Bonchev–Trinajstić information content (AvgIpc) is 2.35. The van der Waals surface area contributed by atoms with Gasteiger partial charge in [-0.25, -0.2) is 0 Å². The molecule has 0 aliphatic heterocycles. The number of hydrogen-bond donors (Lipinski definition) is 0. The van der Waals surface area contributed by atoms with Crippen LogP contribution in [0, 0.1) is 10.1 Å². The lowest BCUT2D eigenvalue weighted by Gasteiger charge is -2.24. The van der Waals surface area contributed by atoms with Crippen molar-refractivity contribution in [2.24, 2.45) is 0 Å². The smallest absolute Gasteiger partial charge is 0.270 e. The normalized spacial score (nSPS) is 10.2. The number of hydrogen-bond acceptors (Lipinski definition) is 4. The first-order valence-corrected chi connectivity index (χ1v) is 6.05. The molecule has 0 amide bonds. The van der Waals surface area contributed by atoms with Gasteiger partial charge in [0.05, 0.1) is 4.92 Å². The predicted octanol–water partition coefficient (Wildman–Crippen LogP) is 3.03. The summed E-state index contributed by atoms with van der Waals surface area (Å²) < 4.78 is 0. The van der Waals surface area contributed by atoms with Crippen molar-refractivity contribution in [1.29, 1.82) is 0 Å². The lowest BCUT2D eigenvalue weighted by Crippen LogP contribution is -2.25. The number of nitro benzene ring substituents is 1. The fourth-order valence-electron chi connectivity index (χ4n) is 1.91. The van der Waals surface area contributed by atoms with Gasteiger partial charge in [0.15, 0.2) is 5.78 Å². The van der Waals surface area contributed by atoms with Gasteiger partial charge >= 0.3 is 0 Å². The molecule has 0 bridgehead atoms. The van der Waals surface area contributed by atoms with Gasteiger partial charge in [-0.15, -0.1) is 0 Å². The second-order valence-electron chi connectivity index (χ2n) is 4.09. The second kappa shape index (κ2) is 6.14. The largest absolute Gasteiger partial charge is 0.371 e. The van der Waals surface area contributed by atoms with Crippen molar-refractivity contribution >= 4 is 17.2 Å². The van der Waals surface area contributed by atoms with Crippen LogP contribution in [-0.4, -0.2) is 23.8 Å². The molecular formula is C13H18N2O3. The van der Waals surface area contributed by atoms with E-state index in [1.807, 2.05) is 6.92 Å². The van der Waals surface area contributed by atoms with Crippen molar-refractivity contribution in [3.05, 3.63) is 33.9 Å². The first-order valence-electron chi connectivity index (χ1n) is 6.05. The molecule has 1 aromatic carbocycles. The summed E-state index contributed by atoms with van der Waals surface area (Å²) in [6.07, 6.45) is 0.960. The SMILES string of the molecule is CCCN(CC)c1ccc([N+](=O)[O-])cc1C(C)=O. The number of ketones is 1. The van der Waals surface area contributed by atoms with Crippen molar-refractivity contribution in [1.82, 2.24) is 0 Å². The Morgan fingerprint density at radius 2 is 2.06 bits per heavy atom. The topological polar surface area (TPSA) is 63.4 Å². The molecule has 18 heavy (non-hydrogen) atoms. The number of non-ortho nitro benzene ring substituents is 1. The fourth-order valence-corrected chi connectivity index (χ4v) is 1.91. The van der Waals surface area contributed by atoms with Crippen LogP contribution in [0.4, 0.5) is 11.4 Å². The number of anilines is 1. The minimum atomic E-state index is -0.480. The Balaban J connectivity index is 3.26. The second-order valence-corrected chi connectivity index (χ2v) is 4.09. The zero-order valence-corrected chi connectivity index (χ0v) is 11.0. The predicted molar refractivity (Wildman–Crippen MR) is 71.3 cm³/mol. The van der Waals surface area contributed by atoms with Gasteiger partial charge in [0.1, 0.15) is 0 Å². The van der Waals surface area contributed by atoms with Gasteiger partial charge in [-0.3, -0.25) is 14.9 Å². The van der Waals surface area contributed by atoms with Crippen molar-refractivity contribution in [2.75, 3.05) is 18.0 Å². The van der Waals surface area contributed by atoms with Crippen LogP contribution in [0.5, 0.6) is 0 Å². The molecule has 0 atom stereocenters. The Hall–Kier alpha value is -1.91. The number of benzene rings is 1. The highest BCUT2D eigenvalue weighted by atomic mass is 16.6. The molecule has 5 heteroatoms. The van der Waals surface area contributed by atoms with Gasteiger partial charge in [-0.05, 0) is 26.3 Å². The van der Waals surface area contributed by atoms with Crippen LogP contribution in [0.15, 0.2) is 18.2 Å². The van der Waals surface area contributed by atoms with Crippen LogP contribution >= 0.6 is 0 Å². The zero-order valence-electron chi connectivity index (χ0n) is 11.0. The summed E-state index contributed by atoms with van der Waals surface area (Å²) >= 11 is 0. The third-order valence-corrected chi connectivity index (χ3v) is 2.79. The standard InChI is InChI=1S/C13H18N2O3/c1-4-8-14(5-2)13-7-6-11(15(17)18)9-12(13)10(3)16/h6-7,9H,4-5,8H2,1-3H3. The molecule has 0 fully saturated rings. The van der Waals surface area contributed by atoms with Crippen LogP contribution in [0.25, 0.3) is 0 Å². The number of Topliss-reactive ketones (excluding diaryl/α,β-unsaturated/α-hetero) is 1. The Bertz CT molecular complexity index is 458. The molecule has 0 saturated heterocycles. The third-order valence-electron chi connectivity index (χ3n) is 2.79. The molecule has 1 rings (SSSR count). The van der Waals surface area contributed by atoms with Crippen LogP contribution in [0.2, 0.25) is 0 Å². The fraction of sp³-hybridized carbons (Fsp3) is 0.462. The molecule has 0 N–H and O–H groups in total. The summed E-state index contributed by atoms with van der Waals surface area (Å²) in [6.45, 7) is 7.09. The molecule has 0 radical (unpaired) electrons. The maximum absolute atomic E-state index is 11.6. The van der Waals surface area contributed by atoms with Crippen LogP contribution < -0.4 is 4.90 Å². The molecule has 0 aromatic heterocycles. The Labute approximate surface area is 107 Å². The third kappa shape index (κ3) is 3.06. The van der Waals surface area contributed by atoms with E-state index in [0.29, 0.717) is 5.56 Å². The van der Waals surface area contributed by atoms with Gasteiger partial charge in [-0.2, -0.15) is 0 Å². The first kappa shape index (κ1) is 14.2. The van der Waals surface area contributed by atoms with Gasteiger partial charge in [0, 0.05) is 36.5 Å². The zero-order chi connectivity index (χ0) is 13.7. The summed E-state index contributed by atoms with van der Waals surface area (Å²) in [5.41, 5.74) is 1.15. The lowest BCUT2D eigenvalue weighted by atomic mass is 10.1. The Morgan fingerprint density at radius 3 is 2.50 bits per heavy atom. The number of carbonyl (C=O) groups excluding carboxylic acids is 1. The van der Waals surface area contributed by atoms with E-state index in [1.54, 1.807) is 6.07 Å². The molecule has 1 aromatic rings. The highest BCUT2D eigenvalue weighted by molar-refractivity contribution is 6.00. The quantitative estimate of drug-likeness (QED) is 0.442. The number of carbonyl (C=O) groups is 1. The van der Waals surface area contributed by atoms with E-state index in [4.69, 9.17) is 0 Å². The monoisotopic (exact) mass is 250 g/mol. The van der Waals surface area contributed by atoms with Crippen molar-refractivity contribution in [3.8, 4) is 0 Å². The van der Waals surface area contributed by atoms with E-state index in [9.17, 15) is 14.9 Å². The van der Waals surface area contributed by atoms with Crippen LogP contribution in [-0.2, 0) is 0 Å². The van der Waals surface area contributed by atoms with Crippen LogP contribution in [0.3, 0.4) is 0 Å². The van der Waals surface area contributed by atoms with Crippen molar-refractivity contribution < 1.29 is 9.72 Å². The van der Waals surface area contributed by atoms with Crippen LogP contribution in [0.1, 0.15) is 37.6 Å². The molecule has 0 aliphatic rings. The van der Waals surface area contributed by atoms with Gasteiger partial charge in [-0.1, -0.05) is 6.92 Å². The van der Waals surface area contributed by atoms with E-state index >= 15 is 0 Å². The summed E-state index contributed by atoms with van der Waals surface area (Å²) in [7, 11) is 0. The molecule has 0 spiro atoms. The highest BCUT2D eigenvalue weighted by Gasteiger charge is 2.17. The number of nitro groups is 1. The van der Waals surface area contributed by atoms with E-state index in [0.717, 1.165) is 25.2 Å². The highest BCUT2D eigenvalue weighted by Crippen LogP contribution is 2.26. The van der Waals surface area contributed by atoms with E-state index < -0.39 is 4.92 Å². The molecular weight excluding hydrogens is 232 g/mol. The maximum atomic E-state index is 11.6. The van der Waals surface area contributed by atoms with Gasteiger partial charge in [0.25, 0.3) is 5.69 Å². The Morgan fingerprint density at radius 1 is 1.39 bits per heavy atom. The lowest BCUT2D eigenvalue weighted by molar-refractivity contribution is -0.384. The van der Waals surface area contributed by atoms with E-state index in [-0.39, 0.29) is 11.5 Å². The summed E-state index contributed by atoms with van der Waals surface area (Å²) in [6, 6.07) is 4.46. The molecule has 0 unspecified atom stereocenters. The minimum absolute atomic E-state index is 0.0449. The number of nitrogens with zero attached hydrogens (tertiary/aromatic N) is 2. The van der Waals surface area contributed by atoms with Gasteiger partial charge in [0.2, 0.25) is 0 Å².